The molecule has 0 aliphatic carbocycles. The van der Waals surface area contributed by atoms with E-state index in [9.17, 15) is 30.3 Å². The minimum atomic E-state index is -1.56. The fourth-order valence-corrected chi connectivity index (χ4v) is 7.44. The van der Waals surface area contributed by atoms with Crippen molar-refractivity contribution in [3.63, 3.8) is 0 Å². The Bertz CT molecular complexity index is 930. The number of unbranched alkanes of at least 4 members (excludes halogenated alkanes) is 27. The first kappa shape index (κ1) is 52.7. The van der Waals surface area contributed by atoms with Gasteiger partial charge in [-0.1, -0.05) is 186 Å². The van der Waals surface area contributed by atoms with Gasteiger partial charge >= 0.3 is 0 Å². The Morgan fingerprint density at radius 3 is 1.45 bits per heavy atom. The number of rotatable bonds is 39. The molecule has 6 N–H and O–H groups in total. The molecule has 56 heavy (non-hydrogen) atoms. The Morgan fingerprint density at radius 2 is 1.00 bits per heavy atom. The van der Waals surface area contributed by atoms with Gasteiger partial charge in [0.25, 0.3) is 0 Å². The van der Waals surface area contributed by atoms with E-state index < -0.39 is 49.5 Å². The van der Waals surface area contributed by atoms with Gasteiger partial charge < -0.3 is 40.3 Å². The van der Waals surface area contributed by atoms with E-state index in [1.54, 1.807) is 6.08 Å². The molecule has 1 saturated heterocycles. The second-order valence-electron chi connectivity index (χ2n) is 16.5. The number of carbonyl (C=O) groups excluding carboxylic acids is 1. The van der Waals surface area contributed by atoms with E-state index in [4.69, 9.17) is 9.47 Å². The first-order valence-corrected chi connectivity index (χ1v) is 23.6. The number of aliphatic hydroxyl groups excluding tert-OH is 5. The number of amides is 1. The maximum atomic E-state index is 12.9. The molecule has 0 bridgehead atoms. The van der Waals surface area contributed by atoms with Crippen LogP contribution in [0, 0.1) is 0 Å². The van der Waals surface area contributed by atoms with Crippen LogP contribution in [-0.2, 0) is 14.3 Å². The summed E-state index contributed by atoms with van der Waals surface area (Å²) >= 11 is 0. The van der Waals surface area contributed by atoms with Crippen LogP contribution in [0.2, 0.25) is 0 Å². The van der Waals surface area contributed by atoms with Gasteiger partial charge in [0.2, 0.25) is 5.91 Å². The van der Waals surface area contributed by atoms with Crippen molar-refractivity contribution in [1.29, 1.82) is 0 Å². The standard InChI is InChI=1S/C47H89NO8/c1-3-5-7-9-11-13-15-16-17-18-19-20-21-22-23-24-25-26-27-29-31-33-35-37-43(51)48-40(39-55-47-46(54)45(53)44(52)42(38-49)56-47)41(50)36-34-32-30-28-14-12-10-8-6-4-2/h18-19,34,36,40-42,44-47,49-50,52-54H,3-17,20-33,35,37-39H2,1-2H3,(H,48,51)/b19-18-,36-34+. The van der Waals surface area contributed by atoms with Gasteiger partial charge in [-0.05, 0) is 44.9 Å². The molecular formula is C47H89NO8. The maximum absolute atomic E-state index is 12.9. The van der Waals surface area contributed by atoms with Crippen molar-refractivity contribution in [1.82, 2.24) is 5.32 Å². The summed E-state index contributed by atoms with van der Waals surface area (Å²) in [6.45, 7) is 3.75. The number of nitrogens with one attached hydrogen (secondary N) is 1. The Morgan fingerprint density at radius 1 is 0.589 bits per heavy atom. The lowest BCUT2D eigenvalue weighted by molar-refractivity contribution is -0.302. The van der Waals surface area contributed by atoms with Crippen molar-refractivity contribution in [2.75, 3.05) is 13.2 Å². The smallest absolute Gasteiger partial charge is 0.220 e. The summed E-state index contributed by atoms with van der Waals surface area (Å²) < 4.78 is 11.2. The average molecular weight is 796 g/mol. The number of hydrogen-bond acceptors (Lipinski definition) is 8. The summed E-state index contributed by atoms with van der Waals surface area (Å²) in [6.07, 6.45) is 38.0. The number of allylic oxidation sites excluding steroid dienone is 3. The number of ether oxygens (including phenoxy) is 2. The molecule has 7 atom stereocenters. The van der Waals surface area contributed by atoms with Crippen molar-refractivity contribution < 1.29 is 39.8 Å². The number of carbonyl (C=O) groups is 1. The van der Waals surface area contributed by atoms with Gasteiger partial charge in [-0.2, -0.15) is 0 Å². The van der Waals surface area contributed by atoms with Gasteiger partial charge in [0, 0.05) is 6.42 Å². The van der Waals surface area contributed by atoms with Crippen molar-refractivity contribution >= 4 is 5.91 Å². The second-order valence-corrected chi connectivity index (χ2v) is 16.5. The summed E-state index contributed by atoms with van der Waals surface area (Å²) in [5.74, 6) is -0.179. The predicted octanol–water partition coefficient (Wildman–Crippen LogP) is 9.89. The Kier molecular flexibility index (Phi) is 35.7. The molecule has 0 radical (unpaired) electrons. The van der Waals surface area contributed by atoms with Crippen LogP contribution in [0.5, 0.6) is 0 Å². The third-order valence-corrected chi connectivity index (χ3v) is 11.3. The van der Waals surface area contributed by atoms with Crippen molar-refractivity contribution in [2.24, 2.45) is 0 Å². The molecule has 0 aromatic carbocycles. The van der Waals surface area contributed by atoms with Crippen LogP contribution in [0.3, 0.4) is 0 Å². The van der Waals surface area contributed by atoms with Crippen LogP contribution in [-0.4, -0.2) is 87.5 Å². The normalized spacial score (nSPS) is 21.3. The molecular weight excluding hydrogens is 707 g/mol. The van der Waals surface area contributed by atoms with Gasteiger partial charge in [0.05, 0.1) is 25.4 Å². The van der Waals surface area contributed by atoms with E-state index in [1.165, 1.54) is 154 Å². The summed E-state index contributed by atoms with van der Waals surface area (Å²) in [5, 5.41) is 54.1. The molecule has 1 aliphatic rings. The second kappa shape index (κ2) is 37.9. The van der Waals surface area contributed by atoms with E-state index in [1.807, 2.05) is 6.08 Å². The number of aliphatic hydroxyl groups is 5. The fourth-order valence-electron chi connectivity index (χ4n) is 7.44. The molecule has 0 aromatic heterocycles. The van der Waals surface area contributed by atoms with Crippen LogP contribution in [0.1, 0.15) is 213 Å². The first-order chi connectivity index (χ1) is 27.3. The molecule has 1 fully saturated rings. The van der Waals surface area contributed by atoms with E-state index in [0.29, 0.717) is 6.42 Å². The lowest BCUT2D eigenvalue weighted by Gasteiger charge is -2.40. The SMILES string of the molecule is CCCCCCCCCC/C=C\CCCCCCCCCCCCCC(=O)NC(COC1OC(CO)C(O)C(O)C1O)C(O)/C=C/CCCCCCCCCC. The van der Waals surface area contributed by atoms with Gasteiger partial charge in [-0.15, -0.1) is 0 Å². The first-order valence-electron chi connectivity index (χ1n) is 23.6. The van der Waals surface area contributed by atoms with E-state index in [-0.39, 0.29) is 12.5 Å². The van der Waals surface area contributed by atoms with Crippen LogP contribution < -0.4 is 5.32 Å². The van der Waals surface area contributed by atoms with E-state index >= 15 is 0 Å². The fraction of sp³-hybridized carbons (Fsp3) is 0.894. The molecule has 330 valence electrons. The molecule has 1 amide bonds. The molecule has 0 spiro atoms. The topological polar surface area (TPSA) is 149 Å². The van der Waals surface area contributed by atoms with Gasteiger partial charge in [0.1, 0.15) is 24.4 Å². The minimum Gasteiger partial charge on any atom is -0.394 e. The lowest BCUT2D eigenvalue weighted by Crippen LogP contribution is -2.60. The Balaban J connectivity index is 2.24. The van der Waals surface area contributed by atoms with Crippen molar-refractivity contribution in [3.05, 3.63) is 24.3 Å². The van der Waals surface area contributed by atoms with Crippen LogP contribution in [0.4, 0.5) is 0 Å². The van der Waals surface area contributed by atoms with E-state index in [0.717, 1.165) is 38.5 Å². The monoisotopic (exact) mass is 796 g/mol. The highest BCUT2D eigenvalue weighted by Gasteiger charge is 2.44. The Labute approximate surface area is 343 Å². The molecule has 1 heterocycles. The zero-order valence-corrected chi connectivity index (χ0v) is 36.1. The number of hydrogen-bond donors (Lipinski definition) is 6. The molecule has 0 saturated carbocycles. The van der Waals surface area contributed by atoms with Gasteiger partial charge in [0.15, 0.2) is 6.29 Å². The van der Waals surface area contributed by atoms with Crippen molar-refractivity contribution in [3.8, 4) is 0 Å². The minimum absolute atomic E-state index is 0.179. The molecule has 0 aromatic rings. The van der Waals surface area contributed by atoms with Crippen LogP contribution in [0.25, 0.3) is 0 Å². The van der Waals surface area contributed by atoms with Crippen LogP contribution >= 0.6 is 0 Å². The van der Waals surface area contributed by atoms with Crippen molar-refractivity contribution in [2.45, 2.75) is 256 Å². The third kappa shape index (κ3) is 28.2. The zero-order valence-electron chi connectivity index (χ0n) is 36.1. The Hall–Kier alpha value is -1.33. The molecule has 1 rings (SSSR count). The molecule has 9 heteroatoms. The average Bonchev–Trinajstić information content (AvgIpc) is 3.20. The van der Waals surface area contributed by atoms with E-state index in [2.05, 4.69) is 31.3 Å². The molecule has 9 nitrogen and oxygen atoms in total. The summed E-state index contributed by atoms with van der Waals surface area (Å²) in [7, 11) is 0. The molecule has 7 unspecified atom stereocenters. The summed E-state index contributed by atoms with van der Waals surface area (Å²) in [5.41, 5.74) is 0. The van der Waals surface area contributed by atoms with Crippen LogP contribution in [0.15, 0.2) is 24.3 Å². The highest BCUT2D eigenvalue weighted by Crippen LogP contribution is 2.23. The third-order valence-electron chi connectivity index (χ3n) is 11.3. The lowest BCUT2D eigenvalue weighted by atomic mass is 9.99. The molecule has 1 aliphatic heterocycles. The quantitative estimate of drug-likeness (QED) is 0.0266. The highest BCUT2D eigenvalue weighted by atomic mass is 16.7. The largest absolute Gasteiger partial charge is 0.394 e. The maximum Gasteiger partial charge on any atom is 0.220 e. The summed E-state index contributed by atoms with van der Waals surface area (Å²) in [6, 6.07) is -0.800. The van der Waals surface area contributed by atoms with Gasteiger partial charge in [-0.25, -0.2) is 0 Å². The zero-order chi connectivity index (χ0) is 40.9. The van der Waals surface area contributed by atoms with Gasteiger partial charge in [-0.3, -0.25) is 4.79 Å². The highest BCUT2D eigenvalue weighted by molar-refractivity contribution is 5.76. The predicted molar refractivity (Wildman–Crippen MR) is 230 cm³/mol. The summed E-state index contributed by atoms with van der Waals surface area (Å²) in [4.78, 5) is 12.9.